The SMILES string of the molecule is C/C=C/c1ccc(C)cc1C#N. The summed E-state index contributed by atoms with van der Waals surface area (Å²) in [5.74, 6) is 0. The molecule has 0 unspecified atom stereocenters. The maximum absolute atomic E-state index is 8.79. The zero-order valence-corrected chi connectivity index (χ0v) is 7.33. The number of benzene rings is 1. The van der Waals surface area contributed by atoms with E-state index in [4.69, 9.17) is 5.26 Å². The van der Waals surface area contributed by atoms with Crippen LogP contribution in [0.1, 0.15) is 23.6 Å². The molecule has 0 aliphatic carbocycles. The zero-order chi connectivity index (χ0) is 8.97. The molecule has 12 heavy (non-hydrogen) atoms. The fourth-order valence-corrected chi connectivity index (χ4v) is 1.09. The Morgan fingerprint density at radius 1 is 1.42 bits per heavy atom. The highest BCUT2D eigenvalue weighted by Gasteiger charge is 1.96. The van der Waals surface area contributed by atoms with E-state index in [1.165, 1.54) is 0 Å². The monoisotopic (exact) mass is 157 g/mol. The normalized spacial score (nSPS) is 10.1. The largest absolute Gasteiger partial charge is 0.192 e. The molecule has 1 heteroatoms. The van der Waals surface area contributed by atoms with Gasteiger partial charge in [-0.05, 0) is 31.0 Å². The molecule has 0 N–H and O–H groups in total. The molecule has 1 nitrogen and oxygen atoms in total. The van der Waals surface area contributed by atoms with Crippen LogP contribution in [-0.2, 0) is 0 Å². The Hall–Kier alpha value is -1.55. The molecule has 1 aromatic carbocycles. The van der Waals surface area contributed by atoms with Crippen molar-refractivity contribution in [3.05, 3.63) is 41.0 Å². The standard InChI is InChI=1S/C11H11N/c1-3-4-10-6-5-9(2)7-11(10)8-12/h3-7H,1-2H3/b4-3+. The van der Waals surface area contributed by atoms with Gasteiger partial charge in [0.1, 0.15) is 0 Å². The van der Waals surface area contributed by atoms with Gasteiger partial charge in [0, 0.05) is 0 Å². The molecule has 0 radical (unpaired) electrons. The average molecular weight is 157 g/mol. The van der Waals surface area contributed by atoms with Crippen LogP contribution in [0.5, 0.6) is 0 Å². The van der Waals surface area contributed by atoms with Gasteiger partial charge in [-0.25, -0.2) is 0 Å². The van der Waals surface area contributed by atoms with Crippen molar-refractivity contribution < 1.29 is 0 Å². The highest BCUT2D eigenvalue weighted by molar-refractivity contribution is 5.58. The van der Waals surface area contributed by atoms with Gasteiger partial charge in [0.2, 0.25) is 0 Å². The van der Waals surface area contributed by atoms with E-state index < -0.39 is 0 Å². The lowest BCUT2D eigenvalue weighted by molar-refractivity contribution is 1.41. The van der Waals surface area contributed by atoms with Gasteiger partial charge in [-0.1, -0.05) is 24.3 Å². The third-order valence-corrected chi connectivity index (χ3v) is 1.68. The second-order valence-corrected chi connectivity index (χ2v) is 2.70. The Labute approximate surface area is 73.0 Å². The second-order valence-electron chi connectivity index (χ2n) is 2.70. The molecule has 0 fully saturated rings. The lowest BCUT2D eigenvalue weighted by Gasteiger charge is -1.98. The zero-order valence-electron chi connectivity index (χ0n) is 7.33. The lowest BCUT2D eigenvalue weighted by Crippen LogP contribution is -1.82. The Bertz CT molecular complexity index is 343. The summed E-state index contributed by atoms with van der Waals surface area (Å²) in [4.78, 5) is 0. The van der Waals surface area contributed by atoms with Gasteiger partial charge in [0.25, 0.3) is 0 Å². The molecular formula is C11H11N. The Morgan fingerprint density at radius 2 is 2.17 bits per heavy atom. The van der Waals surface area contributed by atoms with E-state index in [0.717, 1.165) is 16.7 Å². The minimum atomic E-state index is 0.744. The highest BCUT2D eigenvalue weighted by atomic mass is 14.2. The van der Waals surface area contributed by atoms with Crippen LogP contribution in [-0.4, -0.2) is 0 Å². The predicted molar refractivity (Wildman–Crippen MR) is 50.6 cm³/mol. The van der Waals surface area contributed by atoms with Crippen LogP contribution in [0.4, 0.5) is 0 Å². The molecular weight excluding hydrogens is 146 g/mol. The maximum atomic E-state index is 8.79. The number of nitriles is 1. The Balaban J connectivity index is 3.22. The summed E-state index contributed by atoms with van der Waals surface area (Å²) in [5, 5.41) is 8.79. The minimum absolute atomic E-state index is 0.744. The predicted octanol–water partition coefficient (Wildman–Crippen LogP) is 2.90. The molecule has 0 spiro atoms. The number of nitrogens with zero attached hydrogens (tertiary/aromatic N) is 1. The fourth-order valence-electron chi connectivity index (χ4n) is 1.09. The Morgan fingerprint density at radius 3 is 2.75 bits per heavy atom. The van der Waals surface area contributed by atoms with Gasteiger partial charge >= 0.3 is 0 Å². The van der Waals surface area contributed by atoms with Crippen molar-refractivity contribution in [1.82, 2.24) is 0 Å². The van der Waals surface area contributed by atoms with Crippen LogP contribution in [0.15, 0.2) is 24.3 Å². The average Bonchev–Trinajstić information content (AvgIpc) is 2.08. The smallest absolute Gasteiger partial charge is 0.0998 e. The van der Waals surface area contributed by atoms with E-state index in [2.05, 4.69) is 6.07 Å². The summed E-state index contributed by atoms with van der Waals surface area (Å²) in [5.41, 5.74) is 2.86. The van der Waals surface area contributed by atoms with Crippen molar-refractivity contribution in [3.63, 3.8) is 0 Å². The van der Waals surface area contributed by atoms with Crippen LogP contribution in [0.25, 0.3) is 6.08 Å². The van der Waals surface area contributed by atoms with Crippen LogP contribution in [0.3, 0.4) is 0 Å². The number of hydrogen-bond acceptors (Lipinski definition) is 1. The van der Waals surface area contributed by atoms with E-state index >= 15 is 0 Å². The molecule has 0 aromatic heterocycles. The molecule has 0 amide bonds. The van der Waals surface area contributed by atoms with Crippen LogP contribution >= 0.6 is 0 Å². The van der Waals surface area contributed by atoms with Crippen molar-refractivity contribution in [2.45, 2.75) is 13.8 Å². The topological polar surface area (TPSA) is 23.8 Å². The molecule has 0 aliphatic heterocycles. The highest BCUT2D eigenvalue weighted by Crippen LogP contribution is 2.11. The van der Waals surface area contributed by atoms with Gasteiger partial charge in [-0.15, -0.1) is 0 Å². The number of rotatable bonds is 1. The summed E-state index contributed by atoms with van der Waals surface area (Å²) < 4.78 is 0. The number of hydrogen-bond donors (Lipinski definition) is 0. The summed E-state index contributed by atoms with van der Waals surface area (Å²) in [7, 11) is 0. The number of aryl methyl sites for hydroxylation is 1. The first kappa shape index (κ1) is 8.55. The van der Waals surface area contributed by atoms with Crippen LogP contribution < -0.4 is 0 Å². The van der Waals surface area contributed by atoms with E-state index in [1.54, 1.807) is 0 Å². The molecule has 1 rings (SSSR count). The van der Waals surface area contributed by atoms with E-state index in [1.807, 2.05) is 44.2 Å². The first-order chi connectivity index (χ1) is 5.77. The second kappa shape index (κ2) is 3.73. The van der Waals surface area contributed by atoms with E-state index in [9.17, 15) is 0 Å². The van der Waals surface area contributed by atoms with Gasteiger partial charge < -0.3 is 0 Å². The summed E-state index contributed by atoms with van der Waals surface area (Å²) in [6, 6.07) is 8.04. The Kier molecular flexibility index (Phi) is 2.66. The summed E-state index contributed by atoms with van der Waals surface area (Å²) in [6.07, 6.45) is 3.88. The molecule has 0 saturated carbocycles. The van der Waals surface area contributed by atoms with E-state index in [0.29, 0.717) is 0 Å². The molecule has 0 heterocycles. The molecule has 0 aliphatic rings. The molecule has 0 saturated heterocycles. The van der Waals surface area contributed by atoms with Crippen molar-refractivity contribution in [2.75, 3.05) is 0 Å². The summed E-state index contributed by atoms with van der Waals surface area (Å²) in [6.45, 7) is 3.93. The van der Waals surface area contributed by atoms with Gasteiger partial charge in [0.15, 0.2) is 0 Å². The van der Waals surface area contributed by atoms with Crippen molar-refractivity contribution in [2.24, 2.45) is 0 Å². The lowest BCUT2D eigenvalue weighted by atomic mass is 10.1. The third-order valence-electron chi connectivity index (χ3n) is 1.68. The van der Waals surface area contributed by atoms with Gasteiger partial charge in [0.05, 0.1) is 11.6 Å². The quantitative estimate of drug-likeness (QED) is 0.615. The van der Waals surface area contributed by atoms with E-state index in [-0.39, 0.29) is 0 Å². The van der Waals surface area contributed by atoms with Gasteiger partial charge in [-0.2, -0.15) is 5.26 Å². The molecule has 0 bridgehead atoms. The van der Waals surface area contributed by atoms with Crippen LogP contribution in [0, 0.1) is 18.3 Å². The van der Waals surface area contributed by atoms with Crippen molar-refractivity contribution >= 4 is 6.08 Å². The summed E-state index contributed by atoms with van der Waals surface area (Å²) >= 11 is 0. The molecule has 1 aromatic rings. The van der Waals surface area contributed by atoms with Crippen LogP contribution in [0.2, 0.25) is 0 Å². The first-order valence-electron chi connectivity index (χ1n) is 3.91. The molecule has 60 valence electrons. The fraction of sp³-hybridized carbons (Fsp3) is 0.182. The third kappa shape index (κ3) is 1.73. The maximum Gasteiger partial charge on any atom is 0.0998 e. The minimum Gasteiger partial charge on any atom is -0.192 e. The van der Waals surface area contributed by atoms with Crippen molar-refractivity contribution in [3.8, 4) is 6.07 Å². The number of allylic oxidation sites excluding steroid dienone is 1. The molecule has 0 atom stereocenters. The van der Waals surface area contributed by atoms with Crippen molar-refractivity contribution in [1.29, 1.82) is 5.26 Å². The first-order valence-corrected chi connectivity index (χ1v) is 3.91. The van der Waals surface area contributed by atoms with Gasteiger partial charge in [-0.3, -0.25) is 0 Å².